The highest BCUT2D eigenvalue weighted by Gasteiger charge is 2.06. The minimum atomic E-state index is 0.388. The van der Waals surface area contributed by atoms with E-state index in [1.807, 2.05) is 36.4 Å². The van der Waals surface area contributed by atoms with Gasteiger partial charge in [-0.05, 0) is 17.0 Å². The molecule has 4 nitrogen and oxygen atoms in total. The van der Waals surface area contributed by atoms with Crippen molar-refractivity contribution in [2.75, 3.05) is 5.43 Å². The molecule has 0 spiro atoms. The van der Waals surface area contributed by atoms with Crippen LogP contribution in [-0.2, 0) is 0 Å². The molecule has 0 unspecified atom stereocenters. The number of rotatable bonds is 4. The molecule has 0 atom stereocenters. The highest BCUT2D eigenvalue weighted by Crippen LogP contribution is 2.25. The Morgan fingerprint density at radius 1 is 1.00 bits per heavy atom. The normalized spacial score (nSPS) is 11.5. The van der Waals surface area contributed by atoms with Crippen LogP contribution in [0.2, 0.25) is 5.15 Å². The standard InChI is InChI=1S/C18H17ClN4/c1-12(2)14-9-7-13(8-10-14)11-20-22-18-16-6-4-3-5-15(16)17(19)21-23-18/h3-12H,1-2H3,(H,22,23)/b20-11+. The topological polar surface area (TPSA) is 50.2 Å². The lowest BCUT2D eigenvalue weighted by molar-refractivity contribution is 0.866. The van der Waals surface area contributed by atoms with Crippen molar-refractivity contribution in [3.63, 3.8) is 0 Å². The molecule has 0 fully saturated rings. The average molecular weight is 325 g/mol. The van der Waals surface area contributed by atoms with Gasteiger partial charge < -0.3 is 0 Å². The van der Waals surface area contributed by atoms with Crippen LogP contribution in [0.5, 0.6) is 0 Å². The fourth-order valence-electron chi connectivity index (χ4n) is 2.29. The lowest BCUT2D eigenvalue weighted by Gasteiger charge is -2.05. The molecular weight excluding hydrogens is 308 g/mol. The van der Waals surface area contributed by atoms with E-state index in [0.29, 0.717) is 16.9 Å². The zero-order chi connectivity index (χ0) is 16.2. The minimum Gasteiger partial charge on any atom is -0.259 e. The summed E-state index contributed by atoms with van der Waals surface area (Å²) >= 11 is 6.06. The van der Waals surface area contributed by atoms with Gasteiger partial charge in [-0.1, -0.05) is 74.0 Å². The van der Waals surface area contributed by atoms with Crippen LogP contribution in [0.1, 0.15) is 30.9 Å². The van der Waals surface area contributed by atoms with Crippen molar-refractivity contribution >= 4 is 34.4 Å². The molecule has 1 aromatic heterocycles. The SMILES string of the molecule is CC(C)c1ccc(/C=N/Nc2nnc(Cl)c3ccccc23)cc1. The largest absolute Gasteiger partial charge is 0.259 e. The zero-order valence-corrected chi connectivity index (χ0v) is 13.7. The van der Waals surface area contributed by atoms with Gasteiger partial charge in [-0.25, -0.2) is 0 Å². The van der Waals surface area contributed by atoms with Crippen LogP contribution >= 0.6 is 11.6 Å². The van der Waals surface area contributed by atoms with Crippen LogP contribution in [-0.4, -0.2) is 16.4 Å². The number of benzene rings is 2. The highest BCUT2D eigenvalue weighted by atomic mass is 35.5. The molecule has 0 bridgehead atoms. The summed E-state index contributed by atoms with van der Waals surface area (Å²) in [6, 6.07) is 16.0. The lowest BCUT2D eigenvalue weighted by atomic mass is 10.0. The number of aromatic nitrogens is 2. The van der Waals surface area contributed by atoms with E-state index in [4.69, 9.17) is 11.6 Å². The smallest absolute Gasteiger partial charge is 0.176 e. The lowest BCUT2D eigenvalue weighted by Crippen LogP contribution is -1.97. The molecule has 5 heteroatoms. The molecule has 23 heavy (non-hydrogen) atoms. The molecule has 2 aromatic carbocycles. The van der Waals surface area contributed by atoms with E-state index < -0.39 is 0 Å². The first-order valence-corrected chi connectivity index (χ1v) is 7.83. The molecule has 0 aliphatic heterocycles. The van der Waals surface area contributed by atoms with E-state index in [9.17, 15) is 0 Å². The minimum absolute atomic E-state index is 0.388. The van der Waals surface area contributed by atoms with E-state index in [0.717, 1.165) is 16.3 Å². The molecule has 0 saturated carbocycles. The summed E-state index contributed by atoms with van der Waals surface area (Å²) in [5.74, 6) is 1.11. The fraction of sp³-hybridized carbons (Fsp3) is 0.167. The summed E-state index contributed by atoms with van der Waals surface area (Å²) in [6.07, 6.45) is 1.76. The third kappa shape index (κ3) is 3.48. The molecule has 116 valence electrons. The van der Waals surface area contributed by atoms with Crippen LogP contribution < -0.4 is 5.43 Å². The van der Waals surface area contributed by atoms with E-state index in [1.165, 1.54) is 5.56 Å². The van der Waals surface area contributed by atoms with Crippen LogP contribution in [0.15, 0.2) is 53.6 Å². The average Bonchev–Trinajstić information content (AvgIpc) is 2.58. The maximum absolute atomic E-state index is 6.06. The Balaban J connectivity index is 1.79. The summed E-state index contributed by atoms with van der Waals surface area (Å²) in [5.41, 5.74) is 5.27. The molecule has 3 rings (SSSR count). The quantitative estimate of drug-likeness (QED) is 0.551. The Morgan fingerprint density at radius 3 is 2.39 bits per heavy atom. The third-order valence-corrected chi connectivity index (χ3v) is 3.91. The number of nitrogens with one attached hydrogen (secondary N) is 1. The summed E-state index contributed by atoms with van der Waals surface area (Å²) in [5, 5.41) is 14.4. The van der Waals surface area contributed by atoms with Gasteiger partial charge in [0.1, 0.15) is 0 Å². The summed E-state index contributed by atoms with van der Waals surface area (Å²) in [4.78, 5) is 0. The Kier molecular flexibility index (Phi) is 4.53. The van der Waals surface area contributed by atoms with Gasteiger partial charge in [-0.15, -0.1) is 10.2 Å². The fourth-order valence-corrected chi connectivity index (χ4v) is 2.49. The Hall–Kier alpha value is -2.46. The van der Waals surface area contributed by atoms with Crippen molar-refractivity contribution in [3.05, 3.63) is 64.8 Å². The van der Waals surface area contributed by atoms with E-state index in [1.54, 1.807) is 6.21 Å². The molecule has 3 aromatic rings. The Morgan fingerprint density at radius 2 is 1.70 bits per heavy atom. The number of hydrogen-bond acceptors (Lipinski definition) is 4. The van der Waals surface area contributed by atoms with Gasteiger partial charge in [0.25, 0.3) is 0 Å². The van der Waals surface area contributed by atoms with Crippen LogP contribution in [0, 0.1) is 0 Å². The molecule has 0 radical (unpaired) electrons. The van der Waals surface area contributed by atoms with Gasteiger partial charge >= 0.3 is 0 Å². The molecule has 0 amide bonds. The summed E-state index contributed by atoms with van der Waals surface area (Å²) in [6.45, 7) is 4.35. The second-order valence-corrected chi connectivity index (χ2v) is 5.93. The zero-order valence-electron chi connectivity index (χ0n) is 13.0. The van der Waals surface area contributed by atoms with Gasteiger partial charge in [-0.2, -0.15) is 5.10 Å². The van der Waals surface area contributed by atoms with Crippen molar-refractivity contribution in [1.82, 2.24) is 10.2 Å². The van der Waals surface area contributed by atoms with E-state index >= 15 is 0 Å². The maximum atomic E-state index is 6.06. The molecule has 1 heterocycles. The number of halogens is 1. The number of fused-ring (bicyclic) bond motifs is 1. The van der Waals surface area contributed by atoms with Gasteiger partial charge in [0.15, 0.2) is 11.0 Å². The molecule has 0 aliphatic rings. The van der Waals surface area contributed by atoms with Crippen molar-refractivity contribution in [1.29, 1.82) is 0 Å². The van der Waals surface area contributed by atoms with E-state index in [2.05, 4.69) is 46.7 Å². The van der Waals surface area contributed by atoms with Crippen LogP contribution in [0.25, 0.3) is 10.8 Å². The van der Waals surface area contributed by atoms with Crippen molar-refractivity contribution < 1.29 is 0 Å². The van der Waals surface area contributed by atoms with Gasteiger partial charge in [0.2, 0.25) is 0 Å². The molecule has 0 saturated heterocycles. The highest BCUT2D eigenvalue weighted by molar-refractivity contribution is 6.34. The number of hydrazone groups is 1. The third-order valence-electron chi connectivity index (χ3n) is 3.63. The first-order valence-electron chi connectivity index (χ1n) is 7.45. The second-order valence-electron chi connectivity index (χ2n) is 5.58. The maximum Gasteiger partial charge on any atom is 0.176 e. The molecule has 0 aliphatic carbocycles. The van der Waals surface area contributed by atoms with E-state index in [-0.39, 0.29) is 0 Å². The first-order chi connectivity index (χ1) is 11.1. The van der Waals surface area contributed by atoms with Crippen molar-refractivity contribution in [3.8, 4) is 0 Å². The molecule has 1 N–H and O–H groups in total. The summed E-state index contributed by atoms with van der Waals surface area (Å²) in [7, 11) is 0. The van der Waals surface area contributed by atoms with Crippen molar-refractivity contribution in [2.24, 2.45) is 5.10 Å². The number of hydrogen-bond donors (Lipinski definition) is 1. The van der Waals surface area contributed by atoms with Gasteiger partial charge in [-0.3, -0.25) is 5.43 Å². The second kappa shape index (κ2) is 6.75. The van der Waals surface area contributed by atoms with Crippen LogP contribution in [0.3, 0.4) is 0 Å². The summed E-state index contributed by atoms with van der Waals surface area (Å²) < 4.78 is 0. The predicted molar refractivity (Wildman–Crippen MR) is 96.3 cm³/mol. The van der Waals surface area contributed by atoms with Gasteiger partial charge in [0, 0.05) is 10.8 Å². The Labute approximate surface area is 140 Å². The van der Waals surface area contributed by atoms with Crippen LogP contribution in [0.4, 0.5) is 5.82 Å². The monoisotopic (exact) mass is 324 g/mol. The number of anilines is 1. The predicted octanol–water partition coefficient (Wildman–Crippen LogP) is 4.85. The first kappa shape index (κ1) is 15.4. The van der Waals surface area contributed by atoms with Crippen molar-refractivity contribution in [2.45, 2.75) is 19.8 Å². The Bertz CT molecular complexity index is 841. The van der Waals surface area contributed by atoms with Gasteiger partial charge in [0.05, 0.1) is 6.21 Å². The molecular formula is C18H17ClN4. The number of nitrogens with zero attached hydrogens (tertiary/aromatic N) is 3.